The number of nitrogens with one attached hydrogen (secondary N) is 1. The van der Waals surface area contributed by atoms with E-state index in [4.69, 9.17) is 4.52 Å². The molecule has 0 saturated carbocycles. The summed E-state index contributed by atoms with van der Waals surface area (Å²) < 4.78 is 20.9. The molecular formula is C21H25FN4O2. The first kappa shape index (κ1) is 19.8. The molecule has 0 bridgehead atoms. The Morgan fingerprint density at radius 2 is 1.79 bits per heavy atom. The van der Waals surface area contributed by atoms with Gasteiger partial charge in [-0.1, -0.05) is 38.1 Å². The second kappa shape index (κ2) is 6.89. The van der Waals surface area contributed by atoms with Crippen molar-refractivity contribution >= 4 is 11.7 Å². The third kappa shape index (κ3) is 3.98. The molecule has 1 N–H and O–H groups in total. The molecule has 7 heteroatoms. The van der Waals surface area contributed by atoms with Crippen molar-refractivity contribution in [3.8, 4) is 11.3 Å². The lowest BCUT2D eigenvalue weighted by Crippen LogP contribution is -2.27. The Hall–Kier alpha value is -2.96. The number of carbonyl (C=O) groups is 1. The molecule has 2 heterocycles. The van der Waals surface area contributed by atoms with Crippen LogP contribution < -0.4 is 5.32 Å². The van der Waals surface area contributed by atoms with E-state index in [1.165, 1.54) is 12.1 Å². The number of rotatable bonds is 3. The molecule has 0 aliphatic carbocycles. The molecule has 0 spiro atoms. The van der Waals surface area contributed by atoms with Gasteiger partial charge in [0.1, 0.15) is 11.6 Å². The second-order valence-corrected chi connectivity index (χ2v) is 8.76. The van der Waals surface area contributed by atoms with Crippen LogP contribution >= 0.6 is 0 Å². The van der Waals surface area contributed by atoms with Gasteiger partial charge in [-0.3, -0.25) is 4.79 Å². The highest BCUT2D eigenvalue weighted by Gasteiger charge is 2.26. The van der Waals surface area contributed by atoms with Crippen LogP contribution in [0, 0.1) is 5.82 Å². The summed E-state index contributed by atoms with van der Waals surface area (Å²) in [6.07, 6.45) is 0. The third-order valence-electron chi connectivity index (χ3n) is 4.24. The molecule has 0 radical (unpaired) electrons. The number of carbonyl (C=O) groups excluding carboxylic acids is 1. The van der Waals surface area contributed by atoms with E-state index in [-0.39, 0.29) is 28.0 Å². The van der Waals surface area contributed by atoms with Gasteiger partial charge in [0.15, 0.2) is 11.5 Å². The average Bonchev–Trinajstić information content (AvgIpc) is 3.21. The molecule has 28 heavy (non-hydrogen) atoms. The Morgan fingerprint density at radius 1 is 1.11 bits per heavy atom. The standard InChI is InChI=1S/C21H25FN4O2/c1-20(2,3)17-12-18(26(24-17)21(4,5)6)23-19(27)15-11-16(28-25-15)13-9-7-8-10-14(13)22/h7-12H,1-6H3,(H,23,27). The van der Waals surface area contributed by atoms with Crippen LogP contribution in [-0.4, -0.2) is 20.8 Å². The minimum absolute atomic E-state index is 0.0669. The summed E-state index contributed by atoms with van der Waals surface area (Å²) >= 11 is 0. The van der Waals surface area contributed by atoms with E-state index in [2.05, 4.69) is 36.3 Å². The maximum absolute atomic E-state index is 13.9. The fraction of sp³-hybridized carbons (Fsp3) is 0.381. The first-order valence-corrected chi connectivity index (χ1v) is 9.11. The van der Waals surface area contributed by atoms with Crippen LogP contribution in [0.3, 0.4) is 0 Å². The van der Waals surface area contributed by atoms with E-state index in [0.29, 0.717) is 5.82 Å². The van der Waals surface area contributed by atoms with Crippen molar-refractivity contribution in [2.24, 2.45) is 0 Å². The lowest BCUT2D eigenvalue weighted by molar-refractivity contribution is 0.101. The summed E-state index contributed by atoms with van der Waals surface area (Å²) in [4.78, 5) is 12.7. The Labute approximate surface area is 163 Å². The average molecular weight is 384 g/mol. The van der Waals surface area contributed by atoms with E-state index in [0.717, 1.165) is 5.69 Å². The van der Waals surface area contributed by atoms with Crippen LogP contribution in [0.15, 0.2) is 40.9 Å². The zero-order valence-corrected chi connectivity index (χ0v) is 17.0. The molecule has 148 valence electrons. The molecule has 0 aliphatic heterocycles. The highest BCUT2D eigenvalue weighted by Crippen LogP contribution is 2.29. The number of nitrogens with zero attached hydrogens (tertiary/aromatic N) is 3. The van der Waals surface area contributed by atoms with E-state index in [1.54, 1.807) is 22.9 Å². The molecule has 0 fully saturated rings. The maximum Gasteiger partial charge on any atom is 0.279 e. The first-order valence-electron chi connectivity index (χ1n) is 9.11. The van der Waals surface area contributed by atoms with Crippen molar-refractivity contribution in [2.75, 3.05) is 5.32 Å². The number of hydrogen-bond donors (Lipinski definition) is 1. The molecule has 0 atom stereocenters. The van der Waals surface area contributed by atoms with Crippen molar-refractivity contribution in [1.29, 1.82) is 0 Å². The fourth-order valence-corrected chi connectivity index (χ4v) is 2.70. The van der Waals surface area contributed by atoms with Crippen LogP contribution in [-0.2, 0) is 11.0 Å². The smallest absolute Gasteiger partial charge is 0.279 e. The van der Waals surface area contributed by atoms with Crippen LogP contribution in [0.25, 0.3) is 11.3 Å². The Balaban J connectivity index is 1.90. The van der Waals surface area contributed by atoms with Crippen molar-refractivity contribution in [1.82, 2.24) is 14.9 Å². The van der Waals surface area contributed by atoms with Gasteiger partial charge in [0.25, 0.3) is 5.91 Å². The Bertz CT molecular complexity index is 1010. The topological polar surface area (TPSA) is 73.0 Å². The van der Waals surface area contributed by atoms with Gasteiger partial charge in [-0.15, -0.1) is 0 Å². The maximum atomic E-state index is 13.9. The number of amides is 1. The number of halogens is 1. The molecule has 0 aliphatic rings. The Morgan fingerprint density at radius 3 is 2.39 bits per heavy atom. The van der Waals surface area contributed by atoms with E-state index in [9.17, 15) is 9.18 Å². The summed E-state index contributed by atoms with van der Waals surface area (Å²) in [5, 5.41) is 11.3. The predicted octanol–water partition coefficient (Wildman–Crippen LogP) is 4.98. The first-order chi connectivity index (χ1) is 13.0. The summed E-state index contributed by atoms with van der Waals surface area (Å²) in [7, 11) is 0. The molecular weight excluding hydrogens is 359 g/mol. The van der Waals surface area contributed by atoms with Gasteiger partial charge in [0.2, 0.25) is 0 Å². The second-order valence-electron chi connectivity index (χ2n) is 8.76. The lowest BCUT2D eigenvalue weighted by Gasteiger charge is -2.22. The van der Waals surface area contributed by atoms with Gasteiger partial charge in [-0.2, -0.15) is 5.10 Å². The molecule has 3 aromatic rings. The summed E-state index contributed by atoms with van der Waals surface area (Å²) in [5.74, 6) is -0.121. The van der Waals surface area contributed by atoms with Gasteiger partial charge < -0.3 is 9.84 Å². The summed E-state index contributed by atoms with van der Waals surface area (Å²) in [6.45, 7) is 12.2. The van der Waals surface area contributed by atoms with Crippen LogP contribution in [0.5, 0.6) is 0 Å². The van der Waals surface area contributed by atoms with Crippen LogP contribution in [0.4, 0.5) is 10.2 Å². The summed E-state index contributed by atoms with van der Waals surface area (Å²) in [6, 6.07) is 9.46. The van der Waals surface area contributed by atoms with E-state index >= 15 is 0 Å². The minimum Gasteiger partial charge on any atom is -0.355 e. The molecule has 0 saturated heterocycles. The van der Waals surface area contributed by atoms with Crippen LogP contribution in [0.1, 0.15) is 57.7 Å². The lowest BCUT2D eigenvalue weighted by atomic mass is 9.92. The highest BCUT2D eigenvalue weighted by molar-refractivity contribution is 6.02. The number of benzene rings is 1. The molecule has 1 amide bonds. The number of aromatic nitrogens is 3. The van der Waals surface area contributed by atoms with Gasteiger partial charge >= 0.3 is 0 Å². The number of anilines is 1. The SMILES string of the molecule is CC(C)(C)c1cc(NC(=O)c2cc(-c3ccccc3F)on2)n(C(C)(C)C)n1. The van der Waals surface area contributed by atoms with Crippen molar-refractivity contribution in [2.45, 2.75) is 52.5 Å². The monoisotopic (exact) mass is 384 g/mol. The highest BCUT2D eigenvalue weighted by atomic mass is 19.1. The summed E-state index contributed by atoms with van der Waals surface area (Å²) in [5.41, 5.74) is 0.696. The zero-order valence-electron chi connectivity index (χ0n) is 17.0. The molecule has 1 aromatic carbocycles. The molecule has 2 aromatic heterocycles. The minimum atomic E-state index is -0.447. The van der Waals surface area contributed by atoms with E-state index in [1.807, 2.05) is 26.8 Å². The van der Waals surface area contributed by atoms with Crippen molar-refractivity contribution < 1.29 is 13.7 Å². The van der Waals surface area contributed by atoms with E-state index < -0.39 is 11.7 Å². The van der Waals surface area contributed by atoms with Gasteiger partial charge in [0, 0.05) is 17.5 Å². The predicted molar refractivity (Wildman–Crippen MR) is 106 cm³/mol. The third-order valence-corrected chi connectivity index (χ3v) is 4.24. The zero-order chi connectivity index (χ0) is 20.7. The molecule has 3 rings (SSSR count). The normalized spacial score (nSPS) is 12.2. The molecule has 0 unspecified atom stereocenters. The van der Waals surface area contributed by atoms with Gasteiger partial charge in [0.05, 0.1) is 16.8 Å². The van der Waals surface area contributed by atoms with Crippen LogP contribution in [0.2, 0.25) is 0 Å². The van der Waals surface area contributed by atoms with Crippen molar-refractivity contribution in [3.05, 3.63) is 53.6 Å². The number of hydrogen-bond acceptors (Lipinski definition) is 4. The van der Waals surface area contributed by atoms with Gasteiger partial charge in [-0.05, 0) is 32.9 Å². The van der Waals surface area contributed by atoms with Gasteiger partial charge in [-0.25, -0.2) is 9.07 Å². The quantitative estimate of drug-likeness (QED) is 0.691. The largest absolute Gasteiger partial charge is 0.355 e. The molecule has 6 nitrogen and oxygen atoms in total. The fourth-order valence-electron chi connectivity index (χ4n) is 2.70. The Kier molecular flexibility index (Phi) is 4.87. The van der Waals surface area contributed by atoms with Crippen molar-refractivity contribution in [3.63, 3.8) is 0 Å².